The zero-order valence-electron chi connectivity index (χ0n) is 11.0. The minimum absolute atomic E-state index is 0.0206. The van der Waals surface area contributed by atoms with Crippen LogP contribution in [0.2, 0.25) is 0 Å². The molecule has 96 valence electrons. The number of ether oxygens (including phenoxy) is 1. The maximum absolute atomic E-state index is 11.8. The summed E-state index contributed by atoms with van der Waals surface area (Å²) in [6, 6.07) is 8.95. The Balaban J connectivity index is 2.49. The Kier molecular flexibility index (Phi) is 5.19. The van der Waals surface area contributed by atoms with Crippen LogP contribution in [0.5, 0.6) is 5.75 Å². The third-order valence-corrected chi connectivity index (χ3v) is 2.99. The molecule has 0 aliphatic carbocycles. The second kappa shape index (κ2) is 6.65. The van der Waals surface area contributed by atoms with E-state index in [-0.39, 0.29) is 18.6 Å². The first-order chi connectivity index (χ1) is 8.58. The van der Waals surface area contributed by atoms with E-state index in [1.54, 1.807) is 36.2 Å². The molecular weight excluding hydrogens is 228 g/mol. The summed E-state index contributed by atoms with van der Waals surface area (Å²) >= 11 is 0. The van der Waals surface area contributed by atoms with Crippen LogP contribution in [0.25, 0.3) is 0 Å². The summed E-state index contributed by atoms with van der Waals surface area (Å²) in [5.74, 6) is 0.550. The van der Waals surface area contributed by atoms with Gasteiger partial charge in [0.05, 0.1) is 11.6 Å². The minimum atomic E-state index is -0.0475. The van der Waals surface area contributed by atoms with Crippen LogP contribution >= 0.6 is 0 Å². The zero-order valence-corrected chi connectivity index (χ0v) is 11.0. The van der Waals surface area contributed by atoms with Gasteiger partial charge in [-0.2, -0.15) is 5.26 Å². The van der Waals surface area contributed by atoms with E-state index in [1.165, 1.54) is 0 Å². The van der Waals surface area contributed by atoms with E-state index in [9.17, 15) is 4.79 Å². The van der Waals surface area contributed by atoms with Gasteiger partial charge in [0.15, 0.2) is 6.61 Å². The standard InChI is InChI=1S/C14H18N2O2/c1-4-11(2)16(3)14(17)10-18-13-7-5-12(9-15)6-8-13/h5-8,11H,4,10H2,1-3H3. The van der Waals surface area contributed by atoms with Gasteiger partial charge in [0.1, 0.15) is 5.75 Å². The summed E-state index contributed by atoms with van der Waals surface area (Å²) in [6.45, 7) is 4.06. The smallest absolute Gasteiger partial charge is 0.260 e. The molecule has 0 spiro atoms. The van der Waals surface area contributed by atoms with Crippen molar-refractivity contribution in [3.8, 4) is 11.8 Å². The normalized spacial score (nSPS) is 11.4. The van der Waals surface area contributed by atoms with E-state index in [4.69, 9.17) is 10.00 Å². The van der Waals surface area contributed by atoms with Crippen molar-refractivity contribution in [1.29, 1.82) is 5.26 Å². The molecule has 1 aromatic carbocycles. The van der Waals surface area contributed by atoms with Crippen LogP contribution in [0.15, 0.2) is 24.3 Å². The number of likely N-dealkylation sites (N-methyl/N-ethyl adjacent to an activating group) is 1. The molecule has 0 saturated carbocycles. The number of carbonyl (C=O) groups excluding carboxylic acids is 1. The molecule has 0 bridgehead atoms. The van der Waals surface area contributed by atoms with Gasteiger partial charge in [-0.3, -0.25) is 4.79 Å². The van der Waals surface area contributed by atoms with Gasteiger partial charge in [-0.15, -0.1) is 0 Å². The van der Waals surface area contributed by atoms with Crippen molar-refractivity contribution in [3.63, 3.8) is 0 Å². The average molecular weight is 246 g/mol. The molecular formula is C14H18N2O2. The number of amides is 1. The molecule has 0 fully saturated rings. The Morgan fingerprint density at radius 3 is 2.56 bits per heavy atom. The molecule has 0 heterocycles. The SMILES string of the molecule is CCC(C)N(C)C(=O)COc1ccc(C#N)cc1. The number of hydrogen-bond acceptors (Lipinski definition) is 3. The van der Waals surface area contributed by atoms with Crippen molar-refractivity contribution in [1.82, 2.24) is 4.90 Å². The maximum atomic E-state index is 11.8. The van der Waals surface area contributed by atoms with Gasteiger partial charge in [-0.1, -0.05) is 6.92 Å². The first kappa shape index (κ1) is 14.0. The number of benzene rings is 1. The Labute approximate surface area is 108 Å². The van der Waals surface area contributed by atoms with E-state index in [1.807, 2.05) is 19.9 Å². The van der Waals surface area contributed by atoms with Gasteiger partial charge in [-0.25, -0.2) is 0 Å². The molecule has 1 amide bonds. The van der Waals surface area contributed by atoms with Gasteiger partial charge >= 0.3 is 0 Å². The zero-order chi connectivity index (χ0) is 13.5. The van der Waals surface area contributed by atoms with Crippen molar-refractivity contribution >= 4 is 5.91 Å². The fourth-order valence-corrected chi connectivity index (χ4v) is 1.39. The number of nitrogens with zero attached hydrogens (tertiary/aromatic N) is 2. The van der Waals surface area contributed by atoms with Crippen LogP contribution in [0, 0.1) is 11.3 Å². The lowest BCUT2D eigenvalue weighted by Crippen LogP contribution is -2.37. The Morgan fingerprint density at radius 1 is 1.44 bits per heavy atom. The second-order valence-corrected chi connectivity index (χ2v) is 4.19. The van der Waals surface area contributed by atoms with Gasteiger partial charge in [0, 0.05) is 13.1 Å². The predicted molar refractivity (Wildman–Crippen MR) is 69.2 cm³/mol. The van der Waals surface area contributed by atoms with E-state index in [0.717, 1.165) is 6.42 Å². The third kappa shape index (κ3) is 3.77. The number of nitriles is 1. The highest BCUT2D eigenvalue weighted by atomic mass is 16.5. The van der Waals surface area contributed by atoms with E-state index < -0.39 is 0 Å². The summed E-state index contributed by atoms with van der Waals surface area (Å²) in [5, 5.41) is 8.66. The largest absolute Gasteiger partial charge is 0.484 e. The van der Waals surface area contributed by atoms with Crippen LogP contribution in [0.1, 0.15) is 25.8 Å². The molecule has 0 aliphatic rings. The van der Waals surface area contributed by atoms with E-state index >= 15 is 0 Å². The lowest BCUT2D eigenvalue weighted by atomic mass is 10.2. The van der Waals surface area contributed by atoms with Crippen molar-refractivity contribution in [2.75, 3.05) is 13.7 Å². The van der Waals surface area contributed by atoms with Crippen LogP contribution in [0.4, 0.5) is 0 Å². The van der Waals surface area contributed by atoms with Crippen molar-refractivity contribution in [3.05, 3.63) is 29.8 Å². The topological polar surface area (TPSA) is 53.3 Å². The van der Waals surface area contributed by atoms with Crippen LogP contribution < -0.4 is 4.74 Å². The minimum Gasteiger partial charge on any atom is -0.484 e. The maximum Gasteiger partial charge on any atom is 0.260 e. The van der Waals surface area contributed by atoms with Gasteiger partial charge in [0.25, 0.3) is 5.91 Å². The first-order valence-electron chi connectivity index (χ1n) is 5.97. The highest BCUT2D eigenvalue weighted by molar-refractivity contribution is 5.77. The average Bonchev–Trinajstić information content (AvgIpc) is 2.43. The van der Waals surface area contributed by atoms with Gasteiger partial charge < -0.3 is 9.64 Å². The number of hydrogen-bond donors (Lipinski definition) is 0. The van der Waals surface area contributed by atoms with Crippen LogP contribution in [-0.4, -0.2) is 30.5 Å². The van der Waals surface area contributed by atoms with E-state index in [0.29, 0.717) is 11.3 Å². The summed E-state index contributed by atoms with van der Waals surface area (Å²) in [4.78, 5) is 13.5. The number of carbonyl (C=O) groups is 1. The summed E-state index contributed by atoms with van der Waals surface area (Å²) in [6.07, 6.45) is 0.916. The van der Waals surface area contributed by atoms with Crippen LogP contribution in [-0.2, 0) is 4.79 Å². The molecule has 1 unspecified atom stereocenters. The molecule has 0 saturated heterocycles. The fourth-order valence-electron chi connectivity index (χ4n) is 1.39. The lowest BCUT2D eigenvalue weighted by molar-refractivity contribution is -0.133. The highest BCUT2D eigenvalue weighted by Gasteiger charge is 2.14. The second-order valence-electron chi connectivity index (χ2n) is 4.19. The van der Waals surface area contributed by atoms with Gasteiger partial charge in [-0.05, 0) is 37.6 Å². The fraction of sp³-hybridized carbons (Fsp3) is 0.429. The highest BCUT2D eigenvalue weighted by Crippen LogP contribution is 2.11. The summed E-state index contributed by atoms with van der Waals surface area (Å²) in [7, 11) is 1.78. The molecule has 1 rings (SSSR count). The molecule has 0 aliphatic heterocycles. The van der Waals surface area contributed by atoms with Crippen molar-refractivity contribution in [2.24, 2.45) is 0 Å². The number of rotatable bonds is 5. The summed E-state index contributed by atoms with van der Waals surface area (Å²) in [5.41, 5.74) is 0.574. The Bertz CT molecular complexity index is 434. The first-order valence-corrected chi connectivity index (χ1v) is 5.97. The molecule has 0 aromatic heterocycles. The summed E-state index contributed by atoms with van der Waals surface area (Å²) < 4.78 is 5.38. The molecule has 0 radical (unpaired) electrons. The molecule has 1 aromatic rings. The molecule has 4 nitrogen and oxygen atoms in total. The predicted octanol–water partition coefficient (Wildman–Crippen LogP) is 2.19. The monoisotopic (exact) mass is 246 g/mol. The lowest BCUT2D eigenvalue weighted by Gasteiger charge is -2.23. The Hall–Kier alpha value is -2.02. The molecule has 0 N–H and O–H groups in total. The van der Waals surface area contributed by atoms with Crippen molar-refractivity contribution < 1.29 is 9.53 Å². The third-order valence-electron chi connectivity index (χ3n) is 2.99. The molecule has 18 heavy (non-hydrogen) atoms. The van der Waals surface area contributed by atoms with Crippen molar-refractivity contribution in [2.45, 2.75) is 26.3 Å². The molecule has 1 atom stereocenters. The van der Waals surface area contributed by atoms with Gasteiger partial charge in [0.2, 0.25) is 0 Å². The molecule has 4 heteroatoms. The quantitative estimate of drug-likeness (QED) is 0.800. The van der Waals surface area contributed by atoms with E-state index in [2.05, 4.69) is 0 Å². The Morgan fingerprint density at radius 2 is 2.06 bits per heavy atom. The van der Waals surface area contributed by atoms with Crippen LogP contribution in [0.3, 0.4) is 0 Å².